The summed E-state index contributed by atoms with van der Waals surface area (Å²) in [6.45, 7) is 0. The Labute approximate surface area is 197 Å². The molecule has 0 unspecified atom stereocenters. The Morgan fingerprint density at radius 2 is 0.939 bits per heavy atom. The monoisotopic (exact) mass is 442 g/mol. The van der Waals surface area contributed by atoms with Gasteiger partial charge in [0.1, 0.15) is 12.2 Å². The molecule has 2 aliphatic carbocycles. The SMILES string of the molecule is Oc1c(O[C@@H]2CCCC[C@H]2c2ccccc2)cccc1O[C@@H]1CCCC[C@H]1c1ccccc1. The summed E-state index contributed by atoms with van der Waals surface area (Å²) in [7, 11) is 0. The molecule has 0 spiro atoms. The van der Waals surface area contributed by atoms with Crippen LogP contribution in [0, 0.1) is 0 Å². The summed E-state index contributed by atoms with van der Waals surface area (Å²) in [5, 5.41) is 11.1. The highest BCUT2D eigenvalue weighted by molar-refractivity contribution is 5.50. The molecule has 3 aromatic rings. The van der Waals surface area contributed by atoms with Gasteiger partial charge in [0.05, 0.1) is 0 Å². The molecule has 0 aliphatic heterocycles. The van der Waals surface area contributed by atoms with Gasteiger partial charge >= 0.3 is 0 Å². The molecule has 0 bridgehead atoms. The minimum atomic E-state index is 0.0639. The number of benzene rings is 3. The predicted molar refractivity (Wildman–Crippen MR) is 132 cm³/mol. The van der Waals surface area contributed by atoms with Crippen LogP contribution in [0.5, 0.6) is 17.2 Å². The third kappa shape index (κ3) is 5.03. The Bertz CT molecular complexity index is 937. The van der Waals surface area contributed by atoms with Crippen molar-refractivity contribution < 1.29 is 14.6 Å². The first-order valence-electron chi connectivity index (χ1n) is 12.5. The molecule has 3 heteroatoms. The van der Waals surface area contributed by atoms with E-state index in [0.29, 0.717) is 23.3 Å². The number of para-hydroxylation sites is 1. The number of rotatable bonds is 6. The molecule has 2 aliphatic rings. The van der Waals surface area contributed by atoms with E-state index in [2.05, 4.69) is 60.7 Å². The highest BCUT2D eigenvalue weighted by Crippen LogP contribution is 2.43. The fourth-order valence-corrected chi connectivity index (χ4v) is 5.66. The van der Waals surface area contributed by atoms with Crippen LogP contribution in [-0.4, -0.2) is 17.3 Å². The first-order valence-corrected chi connectivity index (χ1v) is 12.5. The summed E-state index contributed by atoms with van der Waals surface area (Å²) in [5.74, 6) is 1.90. The van der Waals surface area contributed by atoms with Crippen LogP contribution in [-0.2, 0) is 0 Å². The largest absolute Gasteiger partial charge is 0.502 e. The molecule has 0 saturated heterocycles. The highest BCUT2D eigenvalue weighted by Gasteiger charge is 2.31. The Balaban J connectivity index is 1.34. The number of phenols is 1. The topological polar surface area (TPSA) is 38.7 Å². The molecule has 5 rings (SSSR count). The second-order valence-electron chi connectivity index (χ2n) is 9.52. The Hall–Kier alpha value is -2.94. The van der Waals surface area contributed by atoms with Gasteiger partial charge in [-0.1, -0.05) is 79.6 Å². The van der Waals surface area contributed by atoms with Gasteiger partial charge in [-0.3, -0.25) is 0 Å². The van der Waals surface area contributed by atoms with E-state index in [9.17, 15) is 5.11 Å². The minimum Gasteiger partial charge on any atom is -0.502 e. The van der Waals surface area contributed by atoms with Gasteiger partial charge in [-0.15, -0.1) is 0 Å². The van der Waals surface area contributed by atoms with E-state index in [0.717, 1.165) is 38.5 Å². The lowest BCUT2D eigenvalue weighted by Crippen LogP contribution is -2.29. The molecule has 0 aromatic heterocycles. The van der Waals surface area contributed by atoms with Crippen molar-refractivity contribution in [3.8, 4) is 17.2 Å². The van der Waals surface area contributed by atoms with E-state index in [1.807, 2.05) is 18.2 Å². The maximum atomic E-state index is 11.1. The van der Waals surface area contributed by atoms with Crippen LogP contribution < -0.4 is 9.47 Å². The Morgan fingerprint density at radius 1 is 0.515 bits per heavy atom. The minimum absolute atomic E-state index is 0.0639. The van der Waals surface area contributed by atoms with Crippen LogP contribution in [0.15, 0.2) is 78.9 Å². The summed E-state index contributed by atoms with van der Waals surface area (Å²) in [6, 6.07) is 27.0. The summed E-state index contributed by atoms with van der Waals surface area (Å²) in [4.78, 5) is 0. The normalized spacial score (nSPS) is 25.3. The van der Waals surface area contributed by atoms with Crippen LogP contribution in [0.1, 0.15) is 74.3 Å². The molecule has 1 N–H and O–H groups in total. The third-order valence-corrected chi connectivity index (χ3v) is 7.38. The molecule has 0 amide bonds. The molecule has 4 atom stereocenters. The van der Waals surface area contributed by atoms with Crippen molar-refractivity contribution in [1.82, 2.24) is 0 Å². The number of ether oxygens (including phenoxy) is 2. The van der Waals surface area contributed by atoms with Gasteiger partial charge in [-0.25, -0.2) is 0 Å². The summed E-state index contributed by atoms with van der Waals surface area (Å²) < 4.78 is 12.9. The quantitative estimate of drug-likeness (QED) is 0.427. The lowest BCUT2D eigenvalue weighted by molar-refractivity contribution is 0.114. The van der Waals surface area contributed by atoms with Crippen LogP contribution in [0.3, 0.4) is 0 Å². The Kier molecular flexibility index (Phi) is 6.85. The second kappa shape index (κ2) is 10.3. The number of hydrogen-bond acceptors (Lipinski definition) is 3. The molecule has 2 fully saturated rings. The van der Waals surface area contributed by atoms with Crippen LogP contribution >= 0.6 is 0 Å². The zero-order chi connectivity index (χ0) is 22.5. The predicted octanol–water partition coefficient (Wildman–Crippen LogP) is 7.60. The molecule has 3 nitrogen and oxygen atoms in total. The van der Waals surface area contributed by atoms with Gasteiger partial charge in [0.15, 0.2) is 11.5 Å². The van der Waals surface area contributed by atoms with Crippen molar-refractivity contribution in [1.29, 1.82) is 0 Å². The fraction of sp³-hybridized carbons (Fsp3) is 0.400. The van der Waals surface area contributed by atoms with E-state index in [1.54, 1.807) is 0 Å². The first kappa shape index (κ1) is 21.9. The molecule has 0 radical (unpaired) electrons. The zero-order valence-electron chi connectivity index (χ0n) is 19.2. The molecule has 3 aromatic carbocycles. The smallest absolute Gasteiger partial charge is 0.200 e. The van der Waals surface area contributed by atoms with E-state index < -0.39 is 0 Å². The maximum absolute atomic E-state index is 11.1. The summed E-state index contributed by atoms with van der Waals surface area (Å²) in [6.07, 6.45) is 9.12. The average molecular weight is 443 g/mol. The van der Waals surface area contributed by atoms with Gasteiger partial charge in [-0.05, 0) is 61.8 Å². The van der Waals surface area contributed by atoms with Crippen molar-refractivity contribution >= 4 is 0 Å². The fourth-order valence-electron chi connectivity index (χ4n) is 5.66. The second-order valence-corrected chi connectivity index (χ2v) is 9.52. The van der Waals surface area contributed by atoms with Crippen LogP contribution in [0.25, 0.3) is 0 Å². The lowest BCUT2D eigenvalue weighted by Gasteiger charge is -2.34. The van der Waals surface area contributed by atoms with E-state index in [4.69, 9.17) is 9.47 Å². The lowest BCUT2D eigenvalue weighted by atomic mass is 9.81. The van der Waals surface area contributed by atoms with Gasteiger partial charge in [0.2, 0.25) is 5.75 Å². The summed E-state index contributed by atoms with van der Waals surface area (Å²) >= 11 is 0. The third-order valence-electron chi connectivity index (χ3n) is 7.38. The van der Waals surface area contributed by atoms with Crippen LogP contribution in [0.2, 0.25) is 0 Å². The molecule has 172 valence electrons. The van der Waals surface area contributed by atoms with Gasteiger partial charge in [-0.2, -0.15) is 0 Å². The highest BCUT2D eigenvalue weighted by atomic mass is 16.5. The van der Waals surface area contributed by atoms with E-state index in [-0.39, 0.29) is 18.0 Å². The molecule has 0 heterocycles. The maximum Gasteiger partial charge on any atom is 0.200 e. The summed E-state index contributed by atoms with van der Waals surface area (Å²) in [5.41, 5.74) is 2.64. The van der Waals surface area contributed by atoms with Gasteiger partial charge in [0.25, 0.3) is 0 Å². The Morgan fingerprint density at radius 3 is 1.39 bits per heavy atom. The number of hydrogen-bond donors (Lipinski definition) is 1. The van der Waals surface area contributed by atoms with E-state index >= 15 is 0 Å². The molecule has 33 heavy (non-hydrogen) atoms. The molecule has 2 saturated carbocycles. The standard InChI is InChI=1S/C30H34O3/c31-30-28(32-26-18-9-7-16-24(26)22-12-3-1-4-13-22)20-11-21-29(30)33-27-19-10-8-17-25(27)23-14-5-2-6-15-23/h1-6,11-15,20-21,24-27,31H,7-10,16-19H2/t24-,25-,26+,27+/m0/s1. The van der Waals surface area contributed by atoms with Crippen molar-refractivity contribution in [2.45, 2.75) is 75.4 Å². The van der Waals surface area contributed by atoms with E-state index in [1.165, 1.54) is 24.0 Å². The van der Waals surface area contributed by atoms with Gasteiger partial charge < -0.3 is 14.6 Å². The van der Waals surface area contributed by atoms with Crippen molar-refractivity contribution in [3.63, 3.8) is 0 Å². The first-order chi connectivity index (χ1) is 16.3. The number of aromatic hydroxyl groups is 1. The van der Waals surface area contributed by atoms with Crippen LogP contribution in [0.4, 0.5) is 0 Å². The van der Waals surface area contributed by atoms with Crippen molar-refractivity contribution in [3.05, 3.63) is 90.0 Å². The molecular weight excluding hydrogens is 408 g/mol. The van der Waals surface area contributed by atoms with Crippen molar-refractivity contribution in [2.75, 3.05) is 0 Å². The number of phenolic OH excluding ortho intramolecular Hbond substituents is 1. The zero-order valence-corrected chi connectivity index (χ0v) is 19.2. The average Bonchev–Trinajstić information content (AvgIpc) is 2.88. The molecular formula is C30H34O3. The van der Waals surface area contributed by atoms with Crippen molar-refractivity contribution in [2.24, 2.45) is 0 Å². The van der Waals surface area contributed by atoms with Gasteiger partial charge in [0, 0.05) is 11.8 Å².